The van der Waals surface area contributed by atoms with Crippen molar-refractivity contribution in [3.8, 4) is 6.07 Å². The Hall–Kier alpha value is -1.87. The van der Waals surface area contributed by atoms with Crippen LogP contribution in [0.2, 0.25) is 0 Å². The maximum absolute atomic E-state index is 12.1. The molecule has 0 fully saturated rings. The SMILES string of the molecule is CC(OCC(=O)c1ccc(C#N)cc1)C(F)(F)F. The van der Waals surface area contributed by atoms with Gasteiger partial charge in [0, 0.05) is 5.56 Å². The molecule has 0 amide bonds. The van der Waals surface area contributed by atoms with E-state index in [0.29, 0.717) is 5.56 Å². The standard InChI is InChI=1S/C12H10F3NO2/c1-8(12(13,14)15)18-7-11(17)10-4-2-9(6-16)3-5-10/h2-5,8H,7H2,1H3. The van der Waals surface area contributed by atoms with Crippen LogP contribution in [0.5, 0.6) is 0 Å². The summed E-state index contributed by atoms with van der Waals surface area (Å²) in [5.74, 6) is -0.560. The van der Waals surface area contributed by atoms with E-state index in [4.69, 9.17) is 5.26 Å². The van der Waals surface area contributed by atoms with Gasteiger partial charge in [-0.05, 0) is 19.1 Å². The fourth-order valence-corrected chi connectivity index (χ4v) is 1.11. The molecule has 0 saturated heterocycles. The van der Waals surface area contributed by atoms with E-state index >= 15 is 0 Å². The Morgan fingerprint density at radius 3 is 2.39 bits per heavy atom. The molecule has 0 saturated carbocycles. The Morgan fingerprint density at radius 2 is 1.94 bits per heavy atom. The minimum Gasteiger partial charge on any atom is -0.361 e. The average molecular weight is 257 g/mol. The summed E-state index contributed by atoms with van der Waals surface area (Å²) in [6.45, 7) is 0.193. The van der Waals surface area contributed by atoms with E-state index in [1.54, 1.807) is 0 Å². The molecule has 0 spiro atoms. The molecule has 0 bridgehead atoms. The highest BCUT2D eigenvalue weighted by Crippen LogP contribution is 2.22. The van der Waals surface area contributed by atoms with E-state index in [1.165, 1.54) is 24.3 Å². The number of Topliss-reactive ketones (excluding diaryl/α,β-unsaturated/α-hetero) is 1. The second-order valence-corrected chi connectivity index (χ2v) is 3.61. The molecule has 0 aliphatic rings. The molecule has 0 N–H and O–H groups in total. The molecule has 1 aromatic rings. The zero-order valence-electron chi connectivity index (χ0n) is 9.49. The number of benzene rings is 1. The van der Waals surface area contributed by atoms with Crippen LogP contribution in [0.25, 0.3) is 0 Å². The molecular weight excluding hydrogens is 247 g/mol. The molecule has 1 aromatic carbocycles. The monoisotopic (exact) mass is 257 g/mol. The highest BCUT2D eigenvalue weighted by Gasteiger charge is 2.37. The Labute approximate surface area is 102 Å². The molecule has 0 aliphatic carbocycles. The topological polar surface area (TPSA) is 50.1 Å². The van der Waals surface area contributed by atoms with Gasteiger partial charge in [-0.1, -0.05) is 12.1 Å². The van der Waals surface area contributed by atoms with Gasteiger partial charge in [0.15, 0.2) is 11.9 Å². The van der Waals surface area contributed by atoms with Crippen LogP contribution >= 0.6 is 0 Å². The van der Waals surface area contributed by atoms with Gasteiger partial charge in [0.05, 0.1) is 11.6 Å². The van der Waals surface area contributed by atoms with E-state index in [0.717, 1.165) is 6.92 Å². The lowest BCUT2D eigenvalue weighted by Gasteiger charge is -2.15. The van der Waals surface area contributed by atoms with Crippen molar-refractivity contribution in [3.63, 3.8) is 0 Å². The number of nitrogens with zero attached hydrogens (tertiary/aromatic N) is 1. The van der Waals surface area contributed by atoms with Crippen molar-refractivity contribution in [1.82, 2.24) is 0 Å². The van der Waals surface area contributed by atoms with Crippen LogP contribution < -0.4 is 0 Å². The fraction of sp³-hybridized carbons (Fsp3) is 0.333. The van der Waals surface area contributed by atoms with Crippen LogP contribution in [0.4, 0.5) is 13.2 Å². The molecule has 1 rings (SSSR count). The number of nitriles is 1. The minimum atomic E-state index is -4.48. The van der Waals surface area contributed by atoms with E-state index in [1.807, 2.05) is 6.07 Å². The first-order valence-corrected chi connectivity index (χ1v) is 5.06. The summed E-state index contributed by atoms with van der Waals surface area (Å²) in [4.78, 5) is 11.5. The first kappa shape index (κ1) is 14.2. The molecule has 6 heteroatoms. The van der Waals surface area contributed by atoms with Gasteiger partial charge < -0.3 is 4.74 Å². The third-order valence-corrected chi connectivity index (χ3v) is 2.26. The maximum atomic E-state index is 12.1. The van der Waals surface area contributed by atoms with Crippen LogP contribution in [0.1, 0.15) is 22.8 Å². The number of alkyl halides is 3. The predicted molar refractivity (Wildman–Crippen MR) is 57.0 cm³/mol. The van der Waals surface area contributed by atoms with Crippen LogP contribution in [-0.2, 0) is 4.74 Å². The number of carbonyl (C=O) groups excluding carboxylic acids is 1. The largest absolute Gasteiger partial charge is 0.414 e. The number of rotatable bonds is 4. The molecule has 0 heterocycles. The summed E-state index contributed by atoms with van der Waals surface area (Å²) in [6.07, 6.45) is -6.47. The second-order valence-electron chi connectivity index (χ2n) is 3.61. The van der Waals surface area contributed by atoms with Crippen molar-refractivity contribution in [3.05, 3.63) is 35.4 Å². The zero-order chi connectivity index (χ0) is 13.8. The second kappa shape index (κ2) is 5.65. The number of ketones is 1. The number of carbonyl (C=O) groups is 1. The van der Waals surface area contributed by atoms with E-state index < -0.39 is 24.7 Å². The van der Waals surface area contributed by atoms with Gasteiger partial charge in [0.2, 0.25) is 0 Å². The van der Waals surface area contributed by atoms with E-state index in [9.17, 15) is 18.0 Å². The molecule has 1 atom stereocenters. The molecule has 0 radical (unpaired) electrons. The van der Waals surface area contributed by atoms with Crippen molar-refractivity contribution in [2.45, 2.75) is 19.2 Å². The van der Waals surface area contributed by atoms with Crippen molar-refractivity contribution >= 4 is 5.78 Å². The predicted octanol–water partition coefficient (Wildman–Crippen LogP) is 2.71. The lowest BCUT2D eigenvalue weighted by Crippen LogP contribution is -2.30. The van der Waals surface area contributed by atoms with Crippen LogP contribution in [0.3, 0.4) is 0 Å². The molecule has 0 aromatic heterocycles. The highest BCUT2D eigenvalue weighted by molar-refractivity contribution is 5.97. The number of hydrogen-bond donors (Lipinski definition) is 0. The third kappa shape index (κ3) is 3.86. The van der Waals surface area contributed by atoms with Gasteiger partial charge in [-0.15, -0.1) is 0 Å². The molecule has 3 nitrogen and oxygen atoms in total. The lowest BCUT2D eigenvalue weighted by atomic mass is 10.1. The van der Waals surface area contributed by atoms with Crippen molar-refractivity contribution in [1.29, 1.82) is 5.26 Å². The van der Waals surface area contributed by atoms with E-state index in [2.05, 4.69) is 4.74 Å². The van der Waals surface area contributed by atoms with Gasteiger partial charge >= 0.3 is 6.18 Å². The number of ether oxygens (including phenoxy) is 1. The Bertz CT molecular complexity index is 460. The smallest absolute Gasteiger partial charge is 0.361 e. The van der Waals surface area contributed by atoms with Gasteiger partial charge in [-0.25, -0.2) is 0 Å². The average Bonchev–Trinajstić information content (AvgIpc) is 2.34. The number of halogens is 3. The highest BCUT2D eigenvalue weighted by atomic mass is 19.4. The summed E-state index contributed by atoms with van der Waals surface area (Å²) >= 11 is 0. The van der Waals surface area contributed by atoms with Crippen LogP contribution in [0.15, 0.2) is 24.3 Å². The molecule has 96 valence electrons. The molecular formula is C12H10F3NO2. The van der Waals surface area contributed by atoms with Gasteiger partial charge in [0.1, 0.15) is 6.61 Å². The summed E-state index contributed by atoms with van der Waals surface area (Å²) in [7, 11) is 0. The summed E-state index contributed by atoms with van der Waals surface area (Å²) < 4.78 is 40.8. The van der Waals surface area contributed by atoms with Gasteiger partial charge in [-0.2, -0.15) is 18.4 Å². The third-order valence-electron chi connectivity index (χ3n) is 2.26. The van der Waals surface area contributed by atoms with Crippen molar-refractivity contribution < 1.29 is 22.7 Å². The molecule has 1 unspecified atom stereocenters. The lowest BCUT2D eigenvalue weighted by molar-refractivity contribution is -0.210. The first-order chi connectivity index (χ1) is 8.34. The fourth-order valence-electron chi connectivity index (χ4n) is 1.11. The van der Waals surface area contributed by atoms with Gasteiger partial charge in [-0.3, -0.25) is 4.79 Å². The quantitative estimate of drug-likeness (QED) is 0.779. The van der Waals surface area contributed by atoms with Crippen molar-refractivity contribution in [2.24, 2.45) is 0 Å². The van der Waals surface area contributed by atoms with E-state index in [-0.39, 0.29) is 5.56 Å². The minimum absolute atomic E-state index is 0.211. The van der Waals surface area contributed by atoms with Gasteiger partial charge in [0.25, 0.3) is 0 Å². The summed E-state index contributed by atoms with van der Waals surface area (Å²) in [6, 6.07) is 7.46. The maximum Gasteiger partial charge on any atom is 0.414 e. The zero-order valence-corrected chi connectivity index (χ0v) is 9.49. The Balaban J connectivity index is 2.58. The summed E-state index contributed by atoms with van der Waals surface area (Å²) in [5.41, 5.74) is 0.583. The van der Waals surface area contributed by atoms with Crippen LogP contribution in [0, 0.1) is 11.3 Å². The summed E-state index contributed by atoms with van der Waals surface area (Å²) in [5, 5.41) is 8.55. The molecule has 0 aliphatic heterocycles. The molecule has 18 heavy (non-hydrogen) atoms. The Kier molecular flexibility index (Phi) is 4.45. The normalized spacial score (nSPS) is 12.8. The van der Waals surface area contributed by atoms with Crippen LogP contribution in [-0.4, -0.2) is 24.7 Å². The number of hydrogen-bond acceptors (Lipinski definition) is 3. The van der Waals surface area contributed by atoms with Crippen molar-refractivity contribution in [2.75, 3.05) is 6.61 Å². The first-order valence-electron chi connectivity index (χ1n) is 5.06. The Morgan fingerprint density at radius 1 is 1.39 bits per heavy atom.